The Morgan fingerprint density at radius 2 is 2.12 bits per heavy atom. The van der Waals surface area contributed by atoms with Gasteiger partial charge in [0.15, 0.2) is 11.0 Å². The number of hydrogen-bond acceptors (Lipinski definition) is 4. The van der Waals surface area contributed by atoms with E-state index >= 15 is 0 Å². The van der Waals surface area contributed by atoms with Crippen molar-refractivity contribution < 1.29 is 4.79 Å². The van der Waals surface area contributed by atoms with E-state index in [0.29, 0.717) is 11.6 Å². The number of carbonyl (C=O) groups is 1. The van der Waals surface area contributed by atoms with E-state index in [4.69, 9.17) is 11.6 Å². The zero-order valence-electron chi connectivity index (χ0n) is 14.3. The maximum Gasteiger partial charge on any atom is 0.287 e. The zero-order valence-corrected chi connectivity index (χ0v) is 15.1. The Balaban J connectivity index is 1.61. The first-order valence-corrected chi connectivity index (χ1v) is 9.08. The number of H-pyrrole nitrogens is 1. The van der Waals surface area contributed by atoms with Gasteiger partial charge in [0, 0.05) is 25.2 Å². The Morgan fingerprint density at radius 1 is 1.32 bits per heavy atom. The number of piperidine rings is 1. The molecule has 25 heavy (non-hydrogen) atoms. The van der Waals surface area contributed by atoms with Crippen molar-refractivity contribution in [1.29, 1.82) is 0 Å². The highest BCUT2D eigenvalue weighted by atomic mass is 35.5. The molecule has 1 fully saturated rings. The van der Waals surface area contributed by atoms with E-state index in [1.54, 1.807) is 0 Å². The number of hydrogen-bond donors (Lipinski definition) is 4. The van der Waals surface area contributed by atoms with Crippen LogP contribution in [-0.4, -0.2) is 41.0 Å². The van der Waals surface area contributed by atoms with Crippen molar-refractivity contribution in [2.45, 2.75) is 38.4 Å². The lowest BCUT2D eigenvalue weighted by Gasteiger charge is -2.33. The predicted octanol–water partition coefficient (Wildman–Crippen LogP) is 1.88. The van der Waals surface area contributed by atoms with Gasteiger partial charge < -0.3 is 20.9 Å². The van der Waals surface area contributed by atoms with E-state index in [9.17, 15) is 4.79 Å². The van der Waals surface area contributed by atoms with Crippen LogP contribution >= 0.6 is 11.6 Å². The summed E-state index contributed by atoms with van der Waals surface area (Å²) in [4.78, 5) is 19.6. The van der Waals surface area contributed by atoms with Gasteiger partial charge in [-0.3, -0.25) is 4.79 Å². The fourth-order valence-electron chi connectivity index (χ4n) is 3.06. The highest BCUT2D eigenvalue weighted by Gasteiger charge is 2.27. The molecule has 1 aliphatic rings. The molecule has 2 atom stereocenters. The number of amides is 1. The molecule has 0 spiro atoms. The van der Waals surface area contributed by atoms with E-state index < -0.39 is 0 Å². The minimum atomic E-state index is -0.208. The summed E-state index contributed by atoms with van der Waals surface area (Å²) in [5.41, 5.74) is 2.01. The smallest absolute Gasteiger partial charge is 0.287 e. The first kappa shape index (κ1) is 17.9. The number of aromatic nitrogens is 2. The molecule has 1 saturated heterocycles. The number of halogens is 1. The number of nitrogens with one attached hydrogen (secondary N) is 4. The SMILES string of the molecule is CCc1[nH]c(C(=O)N[C@H]2CCNC[C@H]2NCc2ccccc2)nc1Cl. The Hall–Kier alpha value is -1.89. The maximum absolute atomic E-state index is 12.5. The van der Waals surface area contributed by atoms with Crippen molar-refractivity contribution in [3.05, 3.63) is 52.6 Å². The molecule has 1 amide bonds. The van der Waals surface area contributed by atoms with Crippen molar-refractivity contribution in [2.75, 3.05) is 13.1 Å². The summed E-state index contributed by atoms with van der Waals surface area (Å²) in [6.45, 7) is 4.44. The Morgan fingerprint density at radius 3 is 2.84 bits per heavy atom. The standard InChI is InChI=1S/C18H24ClN5O/c1-2-13-16(19)24-17(22-13)18(25)23-14-8-9-20-11-15(14)21-10-12-6-4-3-5-7-12/h3-7,14-15,20-21H,2,8-11H2,1H3,(H,22,24)(H,23,25)/t14-,15+/m0/s1. The number of benzene rings is 1. The van der Waals surface area contributed by atoms with Crippen molar-refractivity contribution in [3.63, 3.8) is 0 Å². The van der Waals surface area contributed by atoms with Gasteiger partial charge in [-0.05, 0) is 24.9 Å². The van der Waals surface area contributed by atoms with Gasteiger partial charge in [-0.2, -0.15) is 0 Å². The molecular weight excluding hydrogens is 338 g/mol. The van der Waals surface area contributed by atoms with Gasteiger partial charge in [-0.25, -0.2) is 4.98 Å². The maximum atomic E-state index is 12.5. The largest absolute Gasteiger partial charge is 0.345 e. The van der Waals surface area contributed by atoms with Crippen LogP contribution < -0.4 is 16.0 Å². The summed E-state index contributed by atoms with van der Waals surface area (Å²) in [5.74, 6) is 0.0715. The van der Waals surface area contributed by atoms with Crippen molar-refractivity contribution in [1.82, 2.24) is 25.9 Å². The van der Waals surface area contributed by atoms with Crippen LogP contribution in [0.3, 0.4) is 0 Å². The molecule has 0 unspecified atom stereocenters. The van der Waals surface area contributed by atoms with Gasteiger partial charge in [0.05, 0.1) is 5.69 Å². The lowest BCUT2D eigenvalue weighted by atomic mass is 10.00. The highest BCUT2D eigenvalue weighted by Crippen LogP contribution is 2.14. The van der Waals surface area contributed by atoms with E-state index in [2.05, 4.69) is 38.1 Å². The number of rotatable bonds is 6. The molecule has 0 radical (unpaired) electrons. The van der Waals surface area contributed by atoms with Gasteiger partial charge in [0.25, 0.3) is 5.91 Å². The molecule has 3 rings (SSSR count). The Bertz CT molecular complexity index is 703. The molecule has 2 heterocycles. The van der Waals surface area contributed by atoms with Gasteiger partial charge >= 0.3 is 0 Å². The number of aromatic amines is 1. The van der Waals surface area contributed by atoms with Gasteiger partial charge in [-0.15, -0.1) is 0 Å². The van der Waals surface area contributed by atoms with Crippen LogP contribution in [0, 0.1) is 0 Å². The summed E-state index contributed by atoms with van der Waals surface area (Å²) in [6.07, 6.45) is 1.58. The third-order valence-corrected chi connectivity index (χ3v) is 4.82. The van der Waals surface area contributed by atoms with E-state index in [1.807, 2.05) is 25.1 Å². The normalized spacial score (nSPS) is 20.4. The fraction of sp³-hybridized carbons (Fsp3) is 0.444. The Labute approximate surface area is 152 Å². The third kappa shape index (κ3) is 4.60. The van der Waals surface area contributed by atoms with Crippen LogP contribution in [0.15, 0.2) is 30.3 Å². The molecule has 1 aromatic heterocycles. The lowest BCUT2D eigenvalue weighted by Crippen LogP contribution is -2.58. The molecule has 4 N–H and O–H groups in total. The van der Waals surface area contributed by atoms with Crippen LogP contribution in [0.2, 0.25) is 5.15 Å². The molecule has 1 aromatic carbocycles. The van der Waals surface area contributed by atoms with Crippen molar-refractivity contribution in [3.8, 4) is 0 Å². The zero-order chi connectivity index (χ0) is 17.6. The molecule has 0 aliphatic carbocycles. The summed E-state index contributed by atoms with van der Waals surface area (Å²) in [5, 5.41) is 10.4. The fourth-order valence-corrected chi connectivity index (χ4v) is 3.32. The van der Waals surface area contributed by atoms with Crippen LogP contribution in [0.5, 0.6) is 0 Å². The quantitative estimate of drug-likeness (QED) is 0.633. The van der Waals surface area contributed by atoms with Gasteiger partial charge in [0.1, 0.15) is 0 Å². The second-order valence-corrected chi connectivity index (χ2v) is 6.61. The summed E-state index contributed by atoms with van der Waals surface area (Å²) in [7, 11) is 0. The first-order chi connectivity index (χ1) is 12.2. The molecule has 1 aliphatic heterocycles. The predicted molar refractivity (Wildman–Crippen MR) is 98.8 cm³/mol. The van der Waals surface area contributed by atoms with Gasteiger partial charge in [-0.1, -0.05) is 48.9 Å². The number of carbonyl (C=O) groups excluding carboxylic acids is 1. The number of nitrogens with zero attached hydrogens (tertiary/aromatic N) is 1. The minimum Gasteiger partial charge on any atom is -0.345 e. The van der Waals surface area contributed by atoms with Crippen LogP contribution in [0.25, 0.3) is 0 Å². The molecule has 6 nitrogen and oxygen atoms in total. The first-order valence-electron chi connectivity index (χ1n) is 8.70. The summed E-state index contributed by atoms with van der Waals surface area (Å²) < 4.78 is 0. The average molecular weight is 362 g/mol. The van der Waals surface area contributed by atoms with Crippen LogP contribution in [0.1, 0.15) is 35.2 Å². The molecule has 0 bridgehead atoms. The topological polar surface area (TPSA) is 81.8 Å². The van der Waals surface area contributed by atoms with Crippen LogP contribution in [0.4, 0.5) is 0 Å². The van der Waals surface area contributed by atoms with Crippen molar-refractivity contribution >= 4 is 17.5 Å². The van der Waals surface area contributed by atoms with E-state index in [0.717, 1.165) is 31.7 Å². The number of aryl methyl sites for hydroxylation is 1. The van der Waals surface area contributed by atoms with Crippen LogP contribution in [-0.2, 0) is 13.0 Å². The summed E-state index contributed by atoms with van der Waals surface area (Å²) in [6, 6.07) is 10.5. The molecule has 2 aromatic rings. The highest BCUT2D eigenvalue weighted by molar-refractivity contribution is 6.30. The molecular formula is C18H24ClN5O. The van der Waals surface area contributed by atoms with Crippen molar-refractivity contribution in [2.24, 2.45) is 0 Å². The molecule has 0 saturated carbocycles. The van der Waals surface area contributed by atoms with E-state index in [1.165, 1.54) is 5.56 Å². The molecule has 7 heteroatoms. The monoisotopic (exact) mass is 361 g/mol. The lowest BCUT2D eigenvalue weighted by molar-refractivity contribution is 0.0908. The second-order valence-electron chi connectivity index (χ2n) is 6.25. The number of imidazole rings is 1. The third-order valence-electron chi connectivity index (χ3n) is 4.51. The van der Waals surface area contributed by atoms with E-state index in [-0.39, 0.29) is 23.8 Å². The van der Waals surface area contributed by atoms with Gasteiger partial charge in [0.2, 0.25) is 0 Å². The minimum absolute atomic E-state index is 0.0476. The Kier molecular flexibility index (Phi) is 6.07. The summed E-state index contributed by atoms with van der Waals surface area (Å²) >= 11 is 6.03. The molecule has 134 valence electrons. The second kappa shape index (κ2) is 8.47. The average Bonchev–Trinajstić information content (AvgIpc) is 3.03.